The number of benzene rings is 2. The van der Waals surface area contributed by atoms with E-state index >= 15 is 0 Å². The number of aryl methyl sites for hydroxylation is 1. The van der Waals surface area contributed by atoms with Gasteiger partial charge in [0.05, 0.1) is 0 Å². The second-order valence-electron chi connectivity index (χ2n) is 4.39. The molecule has 2 aromatic rings. The maximum Gasteiger partial charge on any atom is 0.128 e. The van der Waals surface area contributed by atoms with Gasteiger partial charge >= 0.3 is 0 Å². The molecule has 94 valence electrons. The maximum atomic E-state index is 5.87. The molecule has 0 radical (unpaired) electrons. The first-order valence-corrected chi connectivity index (χ1v) is 6.65. The van der Waals surface area contributed by atoms with Crippen LogP contribution in [-0.2, 0) is 0 Å². The largest absolute Gasteiger partial charge is 0.457 e. The molecule has 0 amide bonds. The number of rotatable bonds is 3. The minimum atomic E-state index is 0.00685. The Balaban J connectivity index is 2.23. The van der Waals surface area contributed by atoms with E-state index in [1.807, 2.05) is 56.3 Å². The fraction of sp³-hybridized carbons (Fsp3) is 0.200. The van der Waals surface area contributed by atoms with Crippen molar-refractivity contribution >= 4 is 15.9 Å². The molecule has 0 aliphatic carbocycles. The fourth-order valence-corrected chi connectivity index (χ4v) is 2.47. The van der Waals surface area contributed by atoms with Crippen LogP contribution in [0.4, 0.5) is 0 Å². The summed E-state index contributed by atoms with van der Waals surface area (Å²) in [5, 5.41) is 0. The highest BCUT2D eigenvalue weighted by atomic mass is 79.9. The van der Waals surface area contributed by atoms with E-state index in [4.69, 9.17) is 10.5 Å². The molecule has 2 rings (SSSR count). The quantitative estimate of drug-likeness (QED) is 0.901. The van der Waals surface area contributed by atoms with Crippen molar-refractivity contribution in [2.75, 3.05) is 0 Å². The topological polar surface area (TPSA) is 35.2 Å². The van der Waals surface area contributed by atoms with Crippen molar-refractivity contribution in [2.24, 2.45) is 5.73 Å². The zero-order valence-electron chi connectivity index (χ0n) is 10.5. The number of halogens is 1. The summed E-state index contributed by atoms with van der Waals surface area (Å²) in [5.41, 5.74) is 8.12. The van der Waals surface area contributed by atoms with Gasteiger partial charge in [0.15, 0.2) is 0 Å². The number of ether oxygens (including phenoxy) is 1. The van der Waals surface area contributed by atoms with Crippen molar-refractivity contribution in [2.45, 2.75) is 19.9 Å². The Labute approximate surface area is 116 Å². The molecule has 2 aromatic carbocycles. The van der Waals surface area contributed by atoms with E-state index < -0.39 is 0 Å². The van der Waals surface area contributed by atoms with Gasteiger partial charge in [-0.25, -0.2) is 0 Å². The molecule has 0 aliphatic rings. The van der Waals surface area contributed by atoms with Crippen LogP contribution in [0.5, 0.6) is 11.5 Å². The zero-order chi connectivity index (χ0) is 13.1. The molecule has 0 heterocycles. The number of nitrogens with two attached hydrogens (primary N) is 1. The molecule has 0 aliphatic heterocycles. The fourth-order valence-electron chi connectivity index (χ4n) is 1.76. The molecule has 1 unspecified atom stereocenters. The van der Waals surface area contributed by atoms with Gasteiger partial charge in [-0.3, -0.25) is 0 Å². The van der Waals surface area contributed by atoms with Crippen molar-refractivity contribution in [3.8, 4) is 11.5 Å². The van der Waals surface area contributed by atoms with Crippen LogP contribution in [-0.4, -0.2) is 0 Å². The Kier molecular flexibility index (Phi) is 4.04. The summed E-state index contributed by atoms with van der Waals surface area (Å²) in [4.78, 5) is 0. The molecule has 18 heavy (non-hydrogen) atoms. The summed E-state index contributed by atoms with van der Waals surface area (Å²) in [6.45, 7) is 4.00. The van der Waals surface area contributed by atoms with Crippen LogP contribution in [0, 0.1) is 6.92 Å². The van der Waals surface area contributed by atoms with Crippen LogP contribution < -0.4 is 10.5 Å². The van der Waals surface area contributed by atoms with Crippen LogP contribution >= 0.6 is 15.9 Å². The molecule has 0 saturated heterocycles. The van der Waals surface area contributed by atoms with E-state index in [9.17, 15) is 0 Å². The molecule has 3 heteroatoms. The normalized spacial score (nSPS) is 12.2. The second-order valence-corrected chi connectivity index (χ2v) is 5.24. The summed E-state index contributed by atoms with van der Waals surface area (Å²) in [5.74, 6) is 1.65. The predicted molar refractivity (Wildman–Crippen MR) is 78.0 cm³/mol. The average Bonchev–Trinajstić information content (AvgIpc) is 2.28. The van der Waals surface area contributed by atoms with Gasteiger partial charge in [0.1, 0.15) is 11.5 Å². The first kappa shape index (κ1) is 13.1. The average molecular weight is 306 g/mol. The van der Waals surface area contributed by atoms with Gasteiger partial charge < -0.3 is 10.5 Å². The molecule has 0 saturated carbocycles. The second kappa shape index (κ2) is 5.55. The van der Waals surface area contributed by atoms with Crippen molar-refractivity contribution in [1.29, 1.82) is 0 Å². The molecule has 0 spiro atoms. The highest BCUT2D eigenvalue weighted by Crippen LogP contribution is 2.29. The van der Waals surface area contributed by atoms with E-state index in [1.54, 1.807) is 0 Å². The van der Waals surface area contributed by atoms with E-state index in [0.717, 1.165) is 21.5 Å². The molecular formula is C15H16BrNO. The third kappa shape index (κ3) is 3.12. The van der Waals surface area contributed by atoms with Gasteiger partial charge in [-0.15, -0.1) is 0 Å². The number of hydrogen-bond donors (Lipinski definition) is 1. The molecular weight excluding hydrogens is 290 g/mol. The molecule has 0 bridgehead atoms. The van der Waals surface area contributed by atoms with Gasteiger partial charge in [0.25, 0.3) is 0 Å². The van der Waals surface area contributed by atoms with Crippen LogP contribution in [0.25, 0.3) is 0 Å². The summed E-state index contributed by atoms with van der Waals surface area (Å²) in [7, 11) is 0. The van der Waals surface area contributed by atoms with Gasteiger partial charge in [-0.05, 0) is 49.2 Å². The SMILES string of the molecule is Cc1cccc(Oc2ccc(C(C)N)c(Br)c2)c1. The lowest BCUT2D eigenvalue weighted by Crippen LogP contribution is -2.05. The van der Waals surface area contributed by atoms with Crippen LogP contribution in [0.1, 0.15) is 24.1 Å². The van der Waals surface area contributed by atoms with Crippen molar-refractivity contribution < 1.29 is 4.74 Å². The van der Waals surface area contributed by atoms with Gasteiger partial charge in [0, 0.05) is 10.5 Å². The third-order valence-corrected chi connectivity index (χ3v) is 3.37. The lowest BCUT2D eigenvalue weighted by Gasteiger charge is -2.11. The lowest BCUT2D eigenvalue weighted by molar-refractivity contribution is 0.481. The summed E-state index contributed by atoms with van der Waals surface area (Å²) in [6.07, 6.45) is 0. The van der Waals surface area contributed by atoms with Gasteiger partial charge in [0.2, 0.25) is 0 Å². The molecule has 2 N–H and O–H groups in total. The predicted octanol–water partition coefficient (Wildman–Crippen LogP) is 4.57. The van der Waals surface area contributed by atoms with Crippen LogP contribution in [0.2, 0.25) is 0 Å². The highest BCUT2D eigenvalue weighted by Gasteiger charge is 2.06. The summed E-state index contributed by atoms with van der Waals surface area (Å²) < 4.78 is 6.78. The smallest absolute Gasteiger partial charge is 0.128 e. The Morgan fingerprint density at radius 1 is 1.11 bits per heavy atom. The van der Waals surface area contributed by atoms with Gasteiger partial charge in [-0.1, -0.05) is 34.1 Å². The maximum absolute atomic E-state index is 5.87. The van der Waals surface area contributed by atoms with E-state index in [-0.39, 0.29) is 6.04 Å². The lowest BCUT2D eigenvalue weighted by atomic mass is 10.1. The third-order valence-electron chi connectivity index (χ3n) is 2.69. The minimum absolute atomic E-state index is 0.00685. The molecule has 1 atom stereocenters. The standard InChI is InChI=1S/C15H16BrNO/c1-10-4-3-5-12(8-10)18-13-6-7-14(11(2)17)15(16)9-13/h3-9,11H,17H2,1-2H3. The monoisotopic (exact) mass is 305 g/mol. The highest BCUT2D eigenvalue weighted by molar-refractivity contribution is 9.10. The van der Waals surface area contributed by atoms with Crippen LogP contribution in [0.3, 0.4) is 0 Å². The van der Waals surface area contributed by atoms with Crippen molar-refractivity contribution in [3.05, 3.63) is 58.1 Å². The van der Waals surface area contributed by atoms with Crippen molar-refractivity contribution in [1.82, 2.24) is 0 Å². The van der Waals surface area contributed by atoms with Gasteiger partial charge in [-0.2, -0.15) is 0 Å². The molecule has 0 fully saturated rings. The molecule has 0 aromatic heterocycles. The van der Waals surface area contributed by atoms with Crippen LogP contribution in [0.15, 0.2) is 46.9 Å². The number of hydrogen-bond acceptors (Lipinski definition) is 2. The van der Waals surface area contributed by atoms with Crippen molar-refractivity contribution in [3.63, 3.8) is 0 Å². The molecule has 2 nitrogen and oxygen atoms in total. The zero-order valence-corrected chi connectivity index (χ0v) is 12.1. The van der Waals surface area contributed by atoms with E-state index in [1.165, 1.54) is 5.56 Å². The summed E-state index contributed by atoms with van der Waals surface area (Å²) >= 11 is 3.52. The minimum Gasteiger partial charge on any atom is -0.457 e. The van der Waals surface area contributed by atoms with E-state index in [2.05, 4.69) is 15.9 Å². The Morgan fingerprint density at radius 3 is 2.44 bits per heavy atom. The summed E-state index contributed by atoms with van der Waals surface area (Å²) in [6, 6.07) is 13.9. The first-order valence-electron chi connectivity index (χ1n) is 5.86. The first-order chi connectivity index (χ1) is 8.56. The Bertz CT molecular complexity index is 552. The Morgan fingerprint density at radius 2 is 1.83 bits per heavy atom. The Hall–Kier alpha value is -1.32. The van der Waals surface area contributed by atoms with E-state index in [0.29, 0.717) is 0 Å².